The molecular weight excluding hydrogens is 290 g/mol. The normalized spacial score (nSPS) is 14.2. The fourth-order valence-electron chi connectivity index (χ4n) is 2.31. The summed E-state index contributed by atoms with van der Waals surface area (Å²) in [5.41, 5.74) is 7.15. The van der Waals surface area contributed by atoms with Crippen LogP contribution in [0.4, 0.5) is 5.69 Å². The van der Waals surface area contributed by atoms with Gasteiger partial charge in [-0.25, -0.2) is 0 Å². The highest BCUT2D eigenvalue weighted by Gasteiger charge is 2.16. The predicted octanol–water partition coefficient (Wildman–Crippen LogP) is 1.36. The number of likely N-dealkylation sites (tertiary alicyclic amines) is 1. The quantitative estimate of drug-likeness (QED) is 0.824. The summed E-state index contributed by atoms with van der Waals surface area (Å²) >= 11 is 0. The van der Waals surface area contributed by atoms with E-state index < -0.39 is 0 Å². The van der Waals surface area contributed by atoms with Crippen LogP contribution in [0.15, 0.2) is 24.3 Å². The molecule has 1 aromatic rings. The van der Waals surface area contributed by atoms with Crippen molar-refractivity contribution in [1.29, 1.82) is 0 Å². The Balaban J connectivity index is 0.00000220. The smallest absolute Gasteiger partial charge is 0.241 e. The number of nitrogens with zero attached hydrogens (tertiary/aromatic N) is 1. The molecule has 0 unspecified atom stereocenters. The molecule has 2 rings (SSSR count). The minimum Gasteiger partial charge on any atom is -0.399 e. The van der Waals surface area contributed by atoms with E-state index in [0.29, 0.717) is 5.69 Å². The number of benzene rings is 1. The van der Waals surface area contributed by atoms with Gasteiger partial charge in [0.2, 0.25) is 11.8 Å². The van der Waals surface area contributed by atoms with Crippen molar-refractivity contribution in [3.8, 4) is 0 Å². The van der Waals surface area contributed by atoms with Gasteiger partial charge in [0.15, 0.2) is 0 Å². The van der Waals surface area contributed by atoms with Crippen molar-refractivity contribution >= 4 is 29.9 Å². The summed E-state index contributed by atoms with van der Waals surface area (Å²) in [6.45, 7) is 1.72. The number of carbonyl (C=O) groups is 2. The zero-order valence-electron chi connectivity index (χ0n) is 12.0. The molecule has 116 valence electrons. The molecular formula is C15H22ClN3O2. The molecule has 0 saturated carbocycles. The molecule has 6 heteroatoms. The van der Waals surface area contributed by atoms with Crippen LogP contribution >= 0.6 is 12.4 Å². The SMILES string of the molecule is Cl.Nc1ccc(CC(=O)NCC(=O)N2CCCCC2)cc1. The fraction of sp³-hybridized carbons (Fsp3) is 0.467. The van der Waals surface area contributed by atoms with Gasteiger partial charge in [-0.15, -0.1) is 12.4 Å². The van der Waals surface area contributed by atoms with Crippen molar-refractivity contribution in [2.24, 2.45) is 0 Å². The van der Waals surface area contributed by atoms with E-state index in [-0.39, 0.29) is 37.2 Å². The summed E-state index contributed by atoms with van der Waals surface area (Å²) in [6.07, 6.45) is 3.58. The van der Waals surface area contributed by atoms with Gasteiger partial charge in [0, 0.05) is 18.8 Å². The maximum Gasteiger partial charge on any atom is 0.241 e. The molecule has 1 heterocycles. The van der Waals surface area contributed by atoms with Crippen molar-refractivity contribution in [2.75, 3.05) is 25.4 Å². The number of carbonyl (C=O) groups excluding carboxylic acids is 2. The van der Waals surface area contributed by atoms with E-state index in [4.69, 9.17) is 5.73 Å². The summed E-state index contributed by atoms with van der Waals surface area (Å²) in [6, 6.07) is 7.17. The molecule has 0 aliphatic carbocycles. The van der Waals surface area contributed by atoms with Gasteiger partial charge in [-0.1, -0.05) is 12.1 Å². The lowest BCUT2D eigenvalue weighted by Gasteiger charge is -2.26. The van der Waals surface area contributed by atoms with Gasteiger partial charge in [-0.2, -0.15) is 0 Å². The number of halogens is 1. The van der Waals surface area contributed by atoms with Gasteiger partial charge in [0.25, 0.3) is 0 Å². The molecule has 1 saturated heterocycles. The molecule has 1 aliphatic heterocycles. The first-order valence-electron chi connectivity index (χ1n) is 7.04. The lowest BCUT2D eigenvalue weighted by molar-refractivity contribution is -0.133. The van der Waals surface area contributed by atoms with Crippen LogP contribution in [0.2, 0.25) is 0 Å². The topological polar surface area (TPSA) is 75.4 Å². The summed E-state index contributed by atoms with van der Waals surface area (Å²) in [5.74, 6) is -0.129. The average molecular weight is 312 g/mol. The Morgan fingerprint density at radius 1 is 1.10 bits per heavy atom. The van der Waals surface area contributed by atoms with Crippen LogP contribution in [0.5, 0.6) is 0 Å². The van der Waals surface area contributed by atoms with Gasteiger partial charge >= 0.3 is 0 Å². The maximum absolute atomic E-state index is 11.9. The number of nitrogens with one attached hydrogen (secondary N) is 1. The number of piperidine rings is 1. The van der Waals surface area contributed by atoms with E-state index in [2.05, 4.69) is 5.32 Å². The van der Waals surface area contributed by atoms with Gasteiger partial charge in [0.05, 0.1) is 13.0 Å². The second-order valence-electron chi connectivity index (χ2n) is 5.14. The highest BCUT2D eigenvalue weighted by Crippen LogP contribution is 2.08. The van der Waals surface area contributed by atoms with Crippen molar-refractivity contribution < 1.29 is 9.59 Å². The van der Waals surface area contributed by atoms with E-state index >= 15 is 0 Å². The van der Waals surface area contributed by atoms with Crippen LogP contribution in [0.3, 0.4) is 0 Å². The number of hydrogen-bond acceptors (Lipinski definition) is 3. The van der Waals surface area contributed by atoms with Gasteiger partial charge in [-0.05, 0) is 37.0 Å². The van der Waals surface area contributed by atoms with Crippen LogP contribution < -0.4 is 11.1 Å². The van der Waals surface area contributed by atoms with E-state index in [1.807, 2.05) is 17.0 Å². The highest BCUT2D eigenvalue weighted by atomic mass is 35.5. The maximum atomic E-state index is 11.9. The van der Waals surface area contributed by atoms with Crippen molar-refractivity contribution in [3.63, 3.8) is 0 Å². The standard InChI is InChI=1S/C15H21N3O2.ClH/c16-13-6-4-12(5-7-13)10-14(19)17-11-15(20)18-8-2-1-3-9-18;/h4-7H,1-3,8-11,16H2,(H,17,19);1H. The lowest BCUT2D eigenvalue weighted by Crippen LogP contribution is -2.42. The number of rotatable bonds is 4. The van der Waals surface area contributed by atoms with Crippen molar-refractivity contribution in [3.05, 3.63) is 29.8 Å². The Morgan fingerprint density at radius 3 is 2.33 bits per heavy atom. The molecule has 1 fully saturated rings. The van der Waals surface area contributed by atoms with Crippen molar-refractivity contribution in [2.45, 2.75) is 25.7 Å². The van der Waals surface area contributed by atoms with E-state index in [1.54, 1.807) is 12.1 Å². The number of nitrogens with two attached hydrogens (primary N) is 1. The molecule has 0 aromatic heterocycles. The summed E-state index contributed by atoms with van der Waals surface area (Å²) in [4.78, 5) is 25.5. The first-order valence-corrected chi connectivity index (χ1v) is 7.04. The number of nitrogen functional groups attached to an aromatic ring is 1. The third-order valence-corrected chi connectivity index (χ3v) is 3.49. The summed E-state index contributed by atoms with van der Waals surface area (Å²) < 4.78 is 0. The Bertz CT molecular complexity index is 470. The molecule has 0 atom stereocenters. The Kier molecular flexibility index (Phi) is 7.02. The zero-order chi connectivity index (χ0) is 14.4. The third kappa shape index (κ3) is 5.63. The lowest BCUT2D eigenvalue weighted by atomic mass is 10.1. The molecule has 0 spiro atoms. The zero-order valence-corrected chi connectivity index (χ0v) is 12.8. The molecule has 2 amide bonds. The fourth-order valence-corrected chi connectivity index (χ4v) is 2.31. The molecule has 1 aliphatic rings. The van der Waals surface area contributed by atoms with Gasteiger partial charge < -0.3 is 16.0 Å². The van der Waals surface area contributed by atoms with Crippen LogP contribution in [0, 0.1) is 0 Å². The molecule has 21 heavy (non-hydrogen) atoms. The first kappa shape index (κ1) is 17.3. The van der Waals surface area contributed by atoms with Crippen LogP contribution in [0.1, 0.15) is 24.8 Å². The third-order valence-electron chi connectivity index (χ3n) is 3.49. The largest absolute Gasteiger partial charge is 0.399 e. The minimum absolute atomic E-state index is 0. The molecule has 0 radical (unpaired) electrons. The van der Waals surface area contributed by atoms with E-state index in [9.17, 15) is 9.59 Å². The Labute approximate surface area is 131 Å². The number of hydrogen-bond donors (Lipinski definition) is 2. The monoisotopic (exact) mass is 311 g/mol. The van der Waals surface area contributed by atoms with Gasteiger partial charge in [-0.3, -0.25) is 9.59 Å². The molecule has 1 aromatic carbocycles. The molecule has 5 nitrogen and oxygen atoms in total. The molecule has 3 N–H and O–H groups in total. The molecule has 0 bridgehead atoms. The van der Waals surface area contributed by atoms with Crippen molar-refractivity contribution in [1.82, 2.24) is 10.2 Å². The van der Waals surface area contributed by atoms with E-state index in [1.165, 1.54) is 6.42 Å². The minimum atomic E-state index is -0.139. The van der Waals surface area contributed by atoms with Crippen LogP contribution in [-0.4, -0.2) is 36.3 Å². The first-order chi connectivity index (χ1) is 9.65. The second kappa shape index (κ2) is 8.52. The second-order valence-corrected chi connectivity index (χ2v) is 5.14. The predicted molar refractivity (Wildman–Crippen MR) is 85.2 cm³/mol. The highest BCUT2D eigenvalue weighted by molar-refractivity contribution is 5.86. The Morgan fingerprint density at radius 2 is 1.71 bits per heavy atom. The number of amides is 2. The number of anilines is 1. The average Bonchev–Trinajstić information content (AvgIpc) is 2.48. The Hall–Kier alpha value is -1.75. The van der Waals surface area contributed by atoms with Crippen LogP contribution in [-0.2, 0) is 16.0 Å². The van der Waals surface area contributed by atoms with Gasteiger partial charge in [0.1, 0.15) is 0 Å². The summed E-state index contributed by atoms with van der Waals surface area (Å²) in [5, 5.41) is 2.68. The van der Waals surface area contributed by atoms with Crippen LogP contribution in [0.25, 0.3) is 0 Å². The van der Waals surface area contributed by atoms with E-state index in [0.717, 1.165) is 31.5 Å². The summed E-state index contributed by atoms with van der Waals surface area (Å²) in [7, 11) is 0.